The predicted octanol–water partition coefficient (Wildman–Crippen LogP) is 4.28. The third kappa shape index (κ3) is 4.01. The van der Waals surface area contributed by atoms with E-state index >= 15 is 0 Å². The van der Waals surface area contributed by atoms with Gasteiger partial charge in [0.25, 0.3) is 0 Å². The van der Waals surface area contributed by atoms with E-state index < -0.39 is 0 Å². The molecule has 1 unspecified atom stereocenters. The zero-order valence-corrected chi connectivity index (χ0v) is 17.7. The molecule has 0 fully saturated rings. The molecule has 0 saturated carbocycles. The summed E-state index contributed by atoms with van der Waals surface area (Å²) in [5.74, 6) is 0. The first kappa shape index (κ1) is 20.7. The second kappa shape index (κ2) is 8.66. The Hall–Kier alpha value is -0.357. The van der Waals surface area contributed by atoms with E-state index in [1.54, 1.807) is 3.28 Å². The maximum absolute atomic E-state index is 2.44. The first-order valence-corrected chi connectivity index (χ1v) is 9.02. The monoisotopic (exact) mass is 423 g/mol. The van der Waals surface area contributed by atoms with Crippen LogP contribution in [0.15, 0.2) is 48.5 Å². The van der Waals surface area contributed by atoms with Crippen LogP contribution in [-0.2, 0) is 36.6 Å². The Kier molecular flexibility index (Phi) is 7.79. The van der Waals surface area contributed by atoms with E-state index in [2.05, 4.69) is 68.5 Å². The quantitative estimate of drug-likeness (QED) is 0.686. The van der Waals surface area contributed by atoms with Crippen LogP contribution in [0.3, 0.4) is 0 Å². The Morgan fingerprint density at radius 3 is 2.22 bits per heavy atom. The Balaban J connectivity index is 0.00000132. The van der Waals surface area contributed by atoms with Gasteiger partial charge in [0, 0.05) is 0 Å². The third-order valence-electron chi connectivity index (χ3n) is 4.57. The number of rotatable bonds is 4. The summed E-state index contributed by atoms with van der Waals surface area (Å²) in [6, 6.07) is 18.1. The molecule has 0 amide bonds. The molecule has 0 nitrogen and oxygen atoms in total. The van der Waals surface area contributed by atoms with Crippen molar-refractivity contribution in [2.45, 2.75) is 38.5 Å². The number of benzene rings is 2. The third-order valence-corrected chi connectivity index (χ3v) is 6.50. The second-order valence-electron chi connectivity index (χ2n) is 6.11. The number of fused-ring (bicyclic) bond motifs is 1. The molecule has 121 valence electrons. The summed E-state index contributed by atoms with van der Waals surface area (Å²) in [7, 11) is 0. The van der Waals surface area contributed by atoms with Crippen LogP contribution in [0.1, 0.15) is 37.8 Å². The van der Waals surface area contributed by atoms with Gasteiger partial charge in [0.05, 0.1) is 0 Å². The Morgan fingerprint density at radius 1 is 0.957 bits per heavy atom. The zero-order chi connectivity index (χ0) is 14.9. The molecule has 0 aromatic heterocycles. The molecule has 0 heterocycles. The molecule has 0 spiro atoms. The minimum Gasteiger partial charge on any atom is -0.147 e. The van der Waals surface area contributed by atoms with E-state index in [9.17, 15) is 0 Å². The Labute approximate surface area is 166 Å². The molecule has 0 radical (unpaired) electrons. The van der Waals surface area contributed by atoms with Crippen LogP contribution in [0.2, 0.25) is 0 Å². The van der Waals surface area contributed by atoms with Gasteiger partial charge >= 0.3 is 143 Å². The van der Waals surface area contributed by atoms with Crippen molar-refractivity contribution in [1.82, 2.24) is 0 Å². The SMILES string of the molecule is CCCCc1ccc(C2(C)C=c3ccccc3=[C]2[Zr])cc1.Cl.Cl. The molecule has 0 aliphatic heterocycles. The molecule has 3 rings (SSSR count). The minimum absolute atomic E-state index is 0. The van der Waals surface area contributed by atoms with Crippen LogP contribution < -0.4 is 10.4 Å². The van der Waals surface area contributed by atoms with Crippen LogP contribution >= 0.6 is 24.8 Å². The molecule has 23 heavy (non-hydrogen) atoms. The smallest absolute Gasteiger partial charge is 0.147 e. The zero-order valence-electron chi connectivity index (χ0n) is 13.6. The summed E-state index contributed by atoms with van der Waals surface area (Å²) in [6.07, 6.45) is 6.18. The molecule has 2 aromatic carbocycles. The van der Waals surface area contributed by atoms with E-state index in [4.69, 9.17) is 0 Å². The van der Waals surface area contributed by atoms with E-state index in [-0.39, 0.29) is 30.2 Å². The van der Waals surface area contributed by atoms with E-state index in [1.807, 2.05) is 0 Å². The fraction of sp³-hybridized carbons (Fsp3) is 0.300. The second-order valence-corrected chi connectivity index (χ2v) is 7.34. The summed E-state index contributed by atoms with van der Waals surface area (Å²) in [5, 5.41) is 2.83. The molecule has 1 aliphatic carbocycles. The van der Waals surface area contributed by atoms with Gasteiger partial charge in [-0.1, -0.05) is 0 Å². The summed E-state index contributed by atoms with van der Waals surface area (Å²) in [6.45, 7) is 4.61. The molecule has 0 bridgehead atoms. The Morgan fingerprint density at radius 2 is 1.61 bits per heavy atom. The molecule has 1 aliphatic rings. The average Bonchev–Trinajstić information content (AvgIpc) is 2.78. The van der Waals surface area contributed by atoms with Gasteiger partial charge in [0.2, 0.25) is 0 Å². The summed E-state index contributed by atoms with van der Waals surface area (Å²) >= 11 is 1.52. The van der Waals surface area contributed by atoms with Crippen molar-refractivity contribution in [3.05, 3.63) is 70.1 Å². The van der Waals surface area contributed by atoms with Crippen molar-refractivity contribution in [3.8, 4) is 0 Å². The topological polar surface area (TPSA) is 0 Å². The van der Waals surface area contributed by atoms with Crippen LogP contribution in [0.4, 0.5) is 0 Å². The number of aryl methyl sites for hydroxylation is 1. The number of unbranched alkanes of at least 4 members (excludes halogenated alkanes) is 1. The van der Waals surface area contributed by atoms with Crippen LogP contribution in [0, 0.1) is 0 Å². The van der Waals surface area contributed by atoms with E-state index in [1.165, 1.54) is 65.5 Å². The fourth-order valence-electron chi connectivity index (χ4n) is 3.14. The van der Waals surface area contributed by atoms with Gasteiger partial charge in [-0.05, 0) is 0 Å². The van der Waals surface area contributed by atoms with Gasteiger partial charge in [0.1, 0.15) is 0 Å². The fourth-order valence-corrected chi connectivity index (χ4v) is 4.23. The molecule has 2 aromatic rings. The molecule has 3 heteroatoms. The first-order valence-electron chi connectivity index (χ1n) is 7.79. The average molecular weight is 426 g/mol. The van der Waals surface area contributed by atoms with Gasteiger partial charge in [-0.3, -0.25) is 0 Å². The minimum atomic E-state index is 0. The molecule has 0 N–H and O–H groups in total. The van der Waals surface area contributed by atoms with Crippen molar-refractivity contribution in [3.63, 3.8) is 0 Å². The molecular formula is C20H23Cl2Zr. The van der Waals surface area contributed by atoms with Crippen molar-refractivity contribution in [1.29, 1.82) is 0 Å². The van der Waals surface area contributed by atoms with Gasteiger partial charge in [-0.25, -0.2) is 0 Å². The van der Waals surface area contributed by atoms with Gasteiger partial charge in [-0.15, -0.1) is 24.8 Å². The van der Waals surface area contributed by atoms with Gasteiger partial charge < -0.3 is 0 Å². The molecule has 1 atom stereocenters. The van der Waals surface area contributed by atoms with Crippen LogP contribution in [0.5, 0.6) is 0 Å². The normalized spacial score (nSPS) is 18.4. The number of halogens is 2. The van der Waals surface area contributed by atoms with Crippen molar-refractivity contribution >= 4 is 34.2 Å². The maximum atomic E-state index is 2.44. The summed E-state index contributed by atoms with van der Waals surface area (Å²) in [5.41, 5.74) is 2.96. The standard InChI is InChI=1S/C20H21.2ClH.Zr/c1-3-4-7-16-10-12-19(13-11-16)20(2)14-17-8-5-6-9-18(17)15-20;;;/h5-6,8-14H,3-4,7H2,1-2H3;2*1H;. The summed E-state index contributed by atoms with van der Waals surface area (Å²) < 4.78 is 1.55. The Bertz CT molecular complexity index is 765. The summed E-state index contributed by atoms with van der Waals surface area (Å²) in [4.78, 5) is 0. The van der Waals surface area contributed by atoms with Crippen molar-refractivity contribution in [2.75, 3.05) is 0 Å². The molecular weight excluding hydrogens is 402 g/mol. The predicted molar refractivity (Wildman–Crippen MR) is 100 cm³/mol. The van der Waals surface area contributed by atoms with E-state index in [0.29, 0.717) is 0 Å². The van der Waals surface area contributed by atoms with Crippen molar-refractivity contribution < 1.29 is 24.7 Å². The maximum Gasteiger partial charge on any atom is -0.147 e. The largest absolute Gasteiger partial charge is 0.147 e. The molecule has 0 saturated heterocycles. The van der Waals surface area contributed by atoms with Crippen LogP contribution in [-0.4, -0.2) is 0 Å². The van der Waals surface area contributed by atoms with E-state index in [0.717, 1.165) is 0 Å². The van der Waals surface area contributed by atoms with Gasteiger partial charge in [0.15, 0.2) is 0 Å². The van der Waals surface area contributed by atoms with Crippen LogP contribution in [0.25, 0.3) is 9.36 Å². The number of hydrogen-bond donors (Lipinski definition) is 0. The number of hydrogen-bond acceptors (Lipinski definition) is 0. The first-order chi connectivity index (χ1) is 10.1. The van der Waals surface area contributed by atoms with Gasteiger partial charge in [-0.2, -0.15) is 0 Å². The van der Waals surface area contributed by atoms with Crippen molar-refractivity contribution in [2.24, 2.45) is 0 Å².